The Labute approximate surface area is 109 Å². The van der Waals surface area contributed by atoms with E-state index in [0.29, 0.717) is 25.5 Å². The Morgan fingerprint density at radius 2 is 1.94 bits per heavy atom. The smallest absolute Gasteiger partial charge is 0.211 e. The average Bonchev–Trinajstić information content (AvgIpc) is 2.29. The van der Waals surface area contributed by atoms with Crippen molar-refractivity contribution < 1.29 is 13.2 Å². The maximum Gasteiger partial charge on any atom is 0.211 e. The Morgan fingerprint density at radius 3 is 2.53 bits per heavy atom. The number of methoxy groups -OCH3 is 1. The van der Waals surface area contributed by atoms with E-state index in [1.807, 2.05) is 0 Å². The van der Waals surface area contributed by atoms with E-state index in [9.17, 15) is 8.42 Å². The molecule has 0 bridgehead atoms. The van der Waals surface area contributed by atoms with Crippen LogP contribution in [0.5, 0.6) is 0 Å². The van der Waals surface area contributed by atoms with E-state index in [-0.39, 0.29) is 11.1 Å². The van der Waals surface area contributed by atoms with E-state index in [0.717, 1.165) is 25.7 Å². The highest BCUT2D eigenvalue weighted by Crippen LogP contribution is 2.27. The number of halogens is 1. The van der Waals surface area contributed by atoms with Gasteiger partial charge in [-0.05, 0) is 38.0 Å². The zero-order valence-corrected chi connectivity index (χ0v) is 11.9. The van der Waals surface area contributed by atoms with Crippen LogP contribution in [0.15, 0.2) is 0 Å². The number of nitrogens with one attached hydrogen (secondary N) is 1. The van der Waals surface area contributed by atoms with Gasteiger partial charge in [-0.1, -0.05) is 0 Å². The van der Waals surface area contributed by atoms with Crippen LogP contribution in [0.3, 0.4) is 0 Å². The van der Waals surface area contributed by atoms with Crippen molar-refractivity contribution in [3.8, 4) is 0 Å². The molecule has 1 saturated carbocycles. The lowest BCUT2D eigenvalue weighted by atomic mass is 9.89. The lowest BCUT2D eigenvalue weighted by Crippen LogP contribution is -2.33. The Balaban J connectivity index is 2.20. The summed E-state index contributed by atoms with van der Waals surface area (Å²) in [4.78, 5) is 0. The van der Waals surface area contributed by atoms with E-state index in [4.69, 9.17) is 16.3 Å². The fourth-order valence-electron chi connectivity index (χ4n) is 2.04. The Kier molecular flexibility index (Phi) is 6.77. The molecule has 6 heteroatoms. The van der Waals surface area contributed by atoms with Crippen LogP contribution in [0.1, 0.15) is 32.1 Å². The van der Waals surface area contributed by atoms with Gasteiger partial charge < -0.3 is 4.74 Å². The van der Waals surface area contributed by atoms with Crippen LogP contribution in [0, 0.1) is 5.92 Å². The van der Waals surface area contributed by atoms with Crippen LogP contribution in [0.25, 0.3) is 0 Å². The van der Waals surface area contributed by atoms with E-state index in [1.54, 1.807) is 7.11 Å². The van der Waals surface area contributed by atoms with Crippen LogP contribution in [-0.2, 0) is 14.8 Å². The van der Waals surface area contributed by atoms with Crippen molar-refractivity contribution in [2.24, 2.45) is 5.92 Å². The largest absolute Gasteiger partial charge is 0.385 e. The molecule has 1 rings (SSSR count). The Hall–Kier alpha value is 0.160. The molecule has 102 valence electrons. The van der Waals surface area contributed by atoms with Crippen LogP contribution < -0.4 is 4.72 Å². The normalized spacial score (nSPS) is 26.0. The molecule has 0 radical (unpaired) electrons. The minimum absolute atomic E-state index is 0.145. The monoisotopic (exact) mass is 283 g/mol. The predicted octanol–water partition coefficient (Wildman–Crippen LogP) is 1.74. The molecule has 0 aromatic carbocycles. The first-order chi connectivity index (χ1) is 8.03. The first kappa shape index (κ1) is 15.2. The molecule has 0 saturated heterocycles. The lowest BCUT2D eigenvalue weighted by molar-refractivity contribution is 0.199. The molecule has 1 fully saturated rings. The highest BCUT2D eigenvalue weighted by Gasteiger charge is 2.21. The van der Waals surface area contributed by atoms with Gasteiger partial charge in [0.1, 0.15) is 0 Å². The second kappa shape index (κ2) is 7.56. The maximum absolute atomic E-state index is 11.6. The molecule has 1 N–H and O–H groups in total. The third kappa shape index (κ3) is 6.60. The van der Waals surface area contributed by atoms with Gasteiger partial charge in [0.15, 0.2) is 0 Å². The fourth-order valence-corrected chi connectivity index (χ4v) is 3.42. The standard InChI is InChI=1S/C11H22ClNO3S/c1-16-7-2-8-17(14,15)13-9-10-3-5-11(12)6-4-10/h10-11,13H,2-9H2,1H3. The quantitative estimate of drug-likeness (QED) is 0.572. The number of hydrogen-bond acceptors (Lipinski definition) is 3. The molecule has 0 aliphatic heterocycles. The van der Waals surface area contributed by atoms with Crippen molar-refractivity contribution >= 4 is 21.6 Å². The molecule has 0 heterocycles. The summed E-state index contributed by atoms with van der Waals surface area (Å²) < 4.78 is 30.8. The van der Waals surface area contributed by atoms with E-state index in [1.165, 1.54) is 0 Å². The van der Waals surface area contributed by atoms with Crippen LogP contribution in [0.2, 0.25) is 0 Å². The summed E-state index contributed by atoms with van der Waals surface area (Å²) in [5, 5.41) is 0.282. The van der Waals surface area contributed by atoms with Crippen LogP contribution in [0.4, 0.5) is 0 Å². The van der Waals surface area contributed by atoms with Crippen molar-refractivity contribution in [3.63, 3.8) is 0 Å². The highest BCUT2D eigenvalue weighted by molar-refractivity contribution is 7.89. The van der Waals surface area contributed by atoms with Gasteiger partial charge in [-0.3, -0.25) is 0 Å². The van der Waals surface area contributed by atoms with Crippen LogP contribution in [-0.4, -0.2) is 39.8 Å². The van der Waals surface area contributed by atoms with Crippen molar-refractivity contribution in [2.45, 2.75) is 37.5 Å². The first-order valence-electron chi connectivity index (χ1n) is 6.14. The molecular weight excluding hydrogens is 262 g/mol. The van der Waals surface area contributed by atoms with Gasteiger partial charge in [-0.2, -0.15) is 0 Å². The van der Waals surface area contributed by atoms with Gasteiger partial charge in [-0.25, -0.2) is 13.1 Å². The zero-order chi connectivity index (χ0) is 12.7. The van der Waals surface area contributed by atoms with Gasteiger partial charge in [0.25, 0.3) is 0 Å². The average molecular weight is 284 g/mol. The molecule has 0 amide bonds. The summed E-state index contributed by atoms with van der Waals surface area (Å²) in [7, 11) is -1.56. The molecule has 17 heavy (non-hydrogen) atoms. The number of rotatable bonds is 7. The molecule has 0 atom stereocenters. The molecule has 0 unspecified atom stereocenters. The molecule has 0 spiro atoms. The maximum atomic E-state index is 11.6. The third-order valence-corrected chi connectivity index (χ3v) is 5.00. The minimum Gasteiger partial charge on any atom is -0.385 e. The summed E-state index contributed by atoms with van der Waals surface area (Å²) in [6.45, 7) is 1.04. The summed E-state index contributed by atoms with van der Waals surface area (Å²) in [5.41, 5.74) is 0. The van der Waals surface area contributed by atoms with Crippen molar-refractivity contribution in [1.82, 2.24) is 4.72 Å². The summed E-state index contributed by atoms with van der Waals surface area (Å²) >= 11 is 6.00. The SMILES string of the molecule is COCCCS(=O)(=O)NCC1CCC(Cl)CC1. The fraction of sp³-hybridized carbons (Fsp3) is 1.00. The van der Waals surface area contributed by atoms with E-state index < -0.39 is 10.0 Å². The van der Waals surface area contributed by atoms with Crippen molar-refractivity contribution in [3.05, 3.63) is 0 Å². The third-order valence-electron chi connectivity index (χ3n) is 3.13. The second-order valence-corrected chi connectivity index (χ2v) is 7.18. The van der Waals surface area contributed by atoms with Gasteiger partial charge in [0, 0.05) is 25.6 Å². The topological polar surface area (TPSA) is 55.4 Å². The van der Waals surface area contributed by atoms with E-state index >= 15 is 0 Å². The number of hydrogen-bond donors (Lipinski definition) is 1. The van der Waals surface area contributed by atoms with Crippen molar-refractivity contribution in [1.29, 1.82) is 0 Å². The predicted molar refractivity (Wildman–Crippen MR) is 69.9 cm³/mol. The number of alkyl halides is 1. The molecule has 0 aromatic rings. The van der Waals surface area contributed by atoms with Crippen LogP contribution >= 0.6 is 11.6 Å². The number of sulfonamides is 1. The zero-order valence-electron chi connectivity index (χ0n) is 10.3. The second-order valence-electron chi connectivity index (χ2n) is 4.63. The van der Waals surface area contributed by atoms with Gasteiger partial charge in [-0.15, -0.1) is 11.6 Å². The lowest BCUT2D eigenvalue weighted by Gasteiger charge is -2.24. The summed E-state index contributed by atoms with van der Waals surface area (Å²) in [6, 6.07) is 0. The molecule has 1 aliphatic carbocycles. The first-order valence-corrected chi connectivity index (χ1v) is 8.22. The molecular formula is C11H22ClNO3S. The summed E-state index contributed by atoms with van der Waals surface area (Å²) in [5.74, 6) is 0.591. The van der Waals surface area contributed by atoms with Gasteiger partial charge in [0.2, 0.25) is 10.0 Å². The van der Waals surface area contributed by atoms with E-state index in [2.05, 4.69) is 4.72 Å². The number of ether oxygens (including phenoxy) is 1. The Bertz CT molecular complexity index is 300. The molecule has 1 aliphatic rings. The van der Waals surface area contributed by atoms with Gasteiger partial charge in [0.05, 0.1) is 5.75 Å². The van der Waals surface area contributed by atoms with Crippen molar-refractivity contribution in [2.75, 3.05) is 26.0 Å². The summed E-state index contributed by atoms with van der Waals surface area (Å²) in [6.07, 6.45) is 4.58. The molecule has 0 aromatic heterocycles. The molecule has 4 nitrogen and oxygen atoms in total. The van der Waals surface area contributed by atoms with Gasteiger partial charge >= 0.3 is 0 Å². The minimum atomic E-state index is -3.13. The highest BCUT2D eigenvalue weighted by atomic mass is 35.5. The Morgan fingerprint density at radius 1 is 1.29 bits per heavy atom.